The van der Waals surface area contributed by atoms with Gasteiger partial charge in [0.1, 0.15) is 6.04 Å². The van der Waals surface area contributed by atoms with Crippen LogP contribution in [0.1, 0.15) is 47.5 Å². The van der Waals surface area contributed by atoms with Gasteiger partial charge in [0.05, 0.1) is 5.41 Å². The number of aliphatic carboxylic acids is 1. The van der Waals surface area contributed by atoms with Crippen LogP contribution in [0, 0.1) is 22.7 Å². The normalized spacial score (nSPS) is 33.7. The van der Waals surface area contributed by atoms with Crippen molar-refractivity contribution in [3.05, 3.63) is 0 Å². The van der Waals surface area contributed by atoms with Gasteiger partial charge in [-0.1, -0.05) is 34.6 Å². The molecule has 0 unspecified atom stereocenters. The molecule has 2 fully saturated rings. The minimum absolute atomic E-state index is 0.259. The highest BCUT2D eigenvalue weighted by Gasteiger charge is 2.65. The zero-order valence-corrected chi connectivity index (χ0v) is 12.8. The third-order valence-electron chi connectivity index (χ3n) is 5.62. The van der Waals surface area contributed by atoms with E-state index in [1.54, 1.807) is 13.8 Å². The van der Waals surface area contributed by atoms with E-state index in [1.807, 2.05) is 20.8 Å². The molecule has 0 aromatic heterocycles. The molecule has 1 N–H and O–H groups in total. The molecule has 2 bridgehead atoms. The molecule has 3 atom stereocenters. The van der Waals surface area contributed by atoms with E-state index in [4.69, 9.17) is 0 Å². The quantitative estimate of drug-likeness (QED) is 0.802. The van der Waals surface area contributed by atoms with Crippen molar-refractivity contribution >= 4 is 17.8 Å². The summed E-state index contributed by atoms with van der Waals surface area (Å²) in [5, 5.41) is 9.39. The first kappa shape index (κ1) is 15.0. The number of piperidine rings is 1. The number of imide groups is 1. The van der Waals surface area contributed by atoms with E-state index in [2.05, 4.69) is 0 Å². The van der Waals surface area contributed by atoms with Gasteiger partial charge in [0, 0.05) is 5.92 Å². The minimum atomic E-state index is -1.11. The first-order chi connectivity index (χ1) is 9.05. The number of carboxylic acid groups (broad SMARTS) is 1. The number of hydrogen-bond donors (Lipinski definition) is 1. The first-order valence-corrected chi connectivity index (χ1v) is 7.16. The van der Waals surface area contributed by atoms with Crippen molar-refractivity contribution in [3.8, 4) is 0 Å². The number of carboxylic acids is 1. The fraction of sp³-hybridized carbons (Fsp3) is 0.800. The molecule has 1 saturated carbocycles. The van der Waals surface area contributed by atoms with Crippen molar-refractivity contribution in [1.82, 2.24) is 4.90 Å². The van der Waals surface area contributed by atoms with E-state index < -0.39 is 22.8 Å². The molecule has 1 saturated heterocycles. The Labute approximate surface area is 119 Å². The highest BCUT2D eigenvalue weighted by molar-refractivity contribution is 6.06. The van der Waals surface area contributed by atoms with Crippen molar-refractivity contribution in [2.75, 3.05) is 0 Å². The molecule has 1 heterocycles. The van der Waals surface area contributed by atoms with Gasteiger partial charge >= 0.3 is 5.97 Å². The number of carbonyl (C=O) groups is 3. The number of amides is 2. The molecular formula is C15H23NO4. The van der Waals surface area contributed by atoms with Crippen LogP contribution in [0.4, 0.5) is 0 Å². The molecule has 2 aliphatic rings. The molecule has 2 amide bonds. The number of fused-ring (bicyclic) bond motifs is 2. The minimum Gasteiger partial charge on any atom is -0.480 e. The Bertz CT molecular complexity index is 482. The fourth-order valence-corrected chi connectivity index (χ4v) is 3.81. The Morgan fingerprint density at radius 2 is 1.85 bits per heavy atom. The molecule has 1 aliphatic carbocycles. The van der Waals surface area contributed by atoms with Crippen molar-refractivity contribution in [2.24, 2.45) is 22.7 Å². The van der Waals surface area contributed by atoms with Crippen LogP contribution < -0.4 is 0 Å². The van der Waals surface area contributed by atoms with E-state index in [9.17, 15) is 19.5 Å². The number of rotatable bonds is 3. The number of hydrogen-bond acceptors (Lipinski definition) is 3. The van der Waals surface area contributed by atoms with Crippen LogP contribution in [-0.4, -0.2) is 33.8 Å². The molecule has 0 aromatic rings. The van der Waals surface area contributed by atoms with Gasteiger partial charge in [-0.2, -0.15) is 0 Å². The van der Waals surface area contributed by atoms with Gasteiger partial charge in [-0.3, -0.25) is 14.5 Å². The predicted molar refractivity (Wildman–Crippen MR) is 72.7 cm³/mol. The molecule has 5 heteroatoms. The molecule has 0 aromatic carbocycles. The Kier molecular flexibility index (Phi) is 3.23. The average molecular weight is 281 g/mol. The van der Waals surface area contributed by atoms with Gasteiger partial charge in [-0.15, -0.1) is 0 Å². The number of nitrogens with zero attached hydrogens (tertiary/aromatic N) is 1. The van der Waals surface area contributed by atoms with Gasteiger partial charge in [-0.05, 0) is 24.2 Å². The average Bonchev–Trinajstić information content (AvgIpc) is 2.49. The fourth-order valence-electron chi connectivity index (χ4n) is 3.81. The van der Waals surface area contributed by atoms with E-state index in [-0.39, 0.29) is 23.7 Å². The lowest BCUT2D eigenvalue weighted by molar-refractivity contribution is -0.177. The number of likely N-dealkylation sites (tertiary alicyclic amines) is 1. The third kappa shape index (κ3) is 1.64. The monoisotopic (exact) mass is 281 g/mol. The molecule has 5 nitrogen and oxygen atoms in total. The summed E-state index contributed by atoms with van der Waals surface area (Å²) in [6.45, 7) is 9.21. The molecule has 0 radical (unpaired) electrons. The predicted octanol–water partition coefficient (Wildman–Crippen LogP) is 1.91. The summed E-state index contributed by atoms with van der Waals surface area (Å²) in [4.78, 5) is 38.0. The zero-order valence-electron chi connectivity index (χ0n) is 12.8. The van der Waals surface area contributed by atoms with Crippen molar-refractivity contribution in [2.45, 2.75) is 53.5 Å². The molecular weight excluding hydrogens is 258 g/mol. The van der Waals surface area contributed by atoms with E-state index in [1.165, 1.54) is 0 Å². The van der Waals surface area contributed by atoms with Gasteiger partial charge in [0.25, 0.3) is 0 Å². The summed E-state index contributed by atoms with van der Waals surface area (Å²) in [5.74, 6) is -2.29. The summed E-state index contributed by atoms with van der Waals surface area (Å²) >= 11 is 0. The van der Waals surface area contributed by atoms with Crippen molar-refractivity contribution in [3.63, 3.8) is 0 Å². The second-order valence-electron chi connectivity index (χ2n) is 7.19. The smallest absolute Gasteiger partial charge is 0.327 e. The summed E-state index contributed by atoms with van der Waals surface area (Å²) in [5.41, 5.74) is -1.05. The zero-order chi connectivity index (χ0) is 15.5. The van der Waals surface area contributed by atoms with Crippen molar-refractivity contribution < 1.29 is 19.5 Å². The van der Waals surface area contributed by atoms with E-state index >= 15 is 0 Å². The van der Waals surface area contributed by atoms with Gasteiger partial charge in [0.15, 0.2) is 0 Å². The van der Waals surface area contributed by atoms with Gasteiger partial charge < -0.3 is 5.11 Å². The first-order valence-electron chi connectivity index (χ1n) is 7.16. The Morgan fingerprint density at radius 3 is 2.30 bits per heavy atom. The second kappa shape index (κ2) is 4.30. The standard InChI is InChI=1S/C15H23NO4/c1-8(2)10(12(18)19)16-11(17)9-6-7-15(5,13(16)20)14(9,3)4/h8-10H,6-7H2,1-5H3,(H,18,19)/t9-,10+,15+/m1/s1. The molecule has 112 valence electrons. The molecule has 0 spiro atoms. The third-order valence-corrected chi connectivity index (χ3v) is 5.62. The van der Waals surface area contributed by atoms with Crippen LogP contribution in [0.15, 0.2) is 0 Å². The maximum absolute atomic E-state index is 12.8. The van der Waals surface area contributed by atoms with Crippen LogP contribution in [0.3, 0.4) is 0 Å². The van der Waals surface area contributed by atoms with Crippen molar-refractivity contribution in [1.29, 1.82) is 0 Å². The molecule has 2 rings (SSSR count). The van der Waals surface area contributed by atoms with E-state index in [0.717, 1.165) is 4.90 Å². The topological polar surface area (TPSA) is 74.7 Å². The van der Waals surface area contributed by atoms with Crippen LogP contribution in [-0.2, 0) is 14.4 Å². The highest BCUT2D eigenvalue weighted by atomic mass is 16.4. The lowest BCUT2D eigenvalue weighted by Gasteiger charge is -2.49. The second-order valence-corrected chi connectivity index (χ2v) is 7.19. The lowest BCUT2D eigenvalue weighted by atomic mass is 9.62. The summed E-state index contributed by atoms with van der Waals surface area (Å²) in [6.07, 6.45) is 1.31. The van der Waals surface area contributed by atoms with Crippen LogP contribution in [0.2, 0.25) is 0 Å². The lowest BCUT2D eigenvalue weighted by Crippen LogP contribution is -2.64. The van der Waals surface area contributed by atoms with Crippen LogP contribution in [0.5, 0.6) is 0 Å². The van der Waals surface area contributed by atoms with Gasteiger partial charge in [-0.25, -0.2) is 4.79 Å². The Hall–Kier alpha value is -1.39. The highest BCUT2D eigenvalue weighted by Crippen LogP contribution is 2.60. The van der Waals surface area contributed by atoms with E-state index in [0.29, 0.717) is 12.8 Å². The maximum Gasteiger partial charge on any atom is 0.327 e. The summed E-state index contributed by atoms with van der Waals surface area (Å²) in [7, 11) is 0. The molecule has 1 aliphatic heterocycles. The maximum atomic E-state index is 12.8. The largest absolute Gasteiger partial charge is 0.480 e. The SMILES string of the molecule is CC(C)[C@@H](C(=O)O)N1C(=O)[C@H]2CC[C@@](C)(C1=O)C2(C)C. The Balaban J connectivity index is 2.51. The van der Waals surface area contributed by atoms with Crippen LogP contribution in [0.25, 0.3) is 0 Å². The van der Waals surface area contributed by atoms with Gasteiger partial charge in [0.2, 0.25) is 11.8 Å². The molecule has 20 heavy (non-hydrogen) atoms. The summed E-state index contributed by atoms with van der Waals surface area (Å²) in [6, 6.07) is -1.06. The number of carbonyl (C=O) groups excluding carboxylic acids is 2. The van der Waals surface area contributed by atoms with Crippen LogP contribution >= 0.6 is 0 Å². The summed E-state index contributed by atoms with van der Waals surface area (Å²) < 4.78 is 0. The Morgan fingerprint density at radius 1 is 1.30 bits per heavy atom.